The van der Waals surface area contributed by atoms with Crippen LogP contribution in [0.15, 0.2) is 42.3 Å². The Labute approximate surface area is 107 Å². The second-order valence-corrected chi connectivity index (χ2v) is 5.13. The van der Waals surface area contributed by atoms with E-state index in [2.05, 4.69) is 48.5 Å². The largest absolute Gasteiger partial charge is 0.310 e. The molecule has 90 valence electrons. The first-order valence-electron chi connectivity index (χ1n) is 6.17. The van der Waals surface area contributed by atoms with Crippen molar-refractivity contribution in [2.75, 3.05) is 6.54 Å². The maximum absolute atomic E-state index is 3.87. The van der Waals surface area contributed by atoms with Gasteiger partial charge < -0.3 is 5.32 Å². The lowest BCUT2D eigenvalue weighted by molar-refractivity contribution is 0.541. The van der Waals surface area contributed by atoms with Crippen LogP contribution in [0.1, 0.15) is 31.4 Å². The summed E-state index contributed by atoms with van der Waals surface area (Å²) in [5.74, 6) is 0. The van der Waals surface area contributed by atoms with Gasteiger partial charge in [-0.05, 0) is 41.8 Å². The smallest absolute Gasteiger partial charge is 0.0390 e. The minimum Gasteiger partial charge on any atom is -0.310 e. The van der Waals surface area contributed by atoms with Crippen LogP contribution in [-0.2, 0) is 0 Å². The van der Waals surface area contributed by atoms with Crippen LogP contribution in [-0.4, -0.2) is 6.54 Å². The maximum Gasteiger partial charge on any atom is 0.0390 e. The van der Waals surface area contributed by atoms with Gasteiger partial charge in [0, 0.05) is 10.7 Å². The van der Waals surface area contributed by atoms with E-state index in [-0.39, 0.29) is 0 Å². The summed E-state index contributed by atoms with van der Waals surface area (Å²) >= 11 is 1.83. The van der Waals surface area contributed by atoms with Gasteiger partial charge in [0.05, 0.1) is 0 Å². The van der Waals surface area contributed by atoms with Crippen LogP contribution in [0.25, 0.3) is 10.1 Å². The Morgan fingerprint density at radius 3 is 3.06 bits per heavy atom. The lowest BCUT2D eigenvalue weighted by Gasteiger charge is -2.18. The molecule has 0 aliphatic rings. The zero-order valence-electron chi connectivity index (χ0n) is 10.3. The first kappa shape index (κ1) is 12.3. The molecule has 17 heavy (non-hydrogen) atoms. The predicted octanol–water partition coefficient (Wildman–Crippen LogP) is 4.52. The molecular weight excluding hydrogens is 226 g/mol. The predicted molar refractivity (Wildman–Crippen MR) is 77.7 cm³/mol. The summed E-state index contributed by atoms with van der Waals surface area (Å²) in [6, 6.07) is 9.15. The second kappa shape index (κ2) is 5.99. The van der Waals surface area contributed by atoms with Gasteiger partial charge in [0.1, 0.15) is 0 Å². The SMILES string of the molecule is C=CCC(NCCC)c1cccc2ccsc12. The first-order chi connectivity index (χ1) is 8.36. The summed E-state index contributed by atoms with van der Waals surface area (Å²) in [5.41, 5.74) is 1.41. The third kappa shape index (κ3) is 2.76. The molecule has 1 aromatic carbocycles. The van der Waals surface area contributed by atoms with E-state index in [9.17, 15) is 0 Å². The summed E-state index contributed by atoms with van der Waals surface area (Å²) in [6.07, 6.45) is 4.14. The van der Waals surface area contributed by atoms with Gasteiger partial charge in [-0.2, -0.15) is 0 Å². The molecule has 1 unspecified atom stereocenters. The van der Waals surface area contributed by atoms with Crippen LogP contribution in [0.2, 0.25) is 0 Å². The van der Waals surface area contributed by atoms with E-state index in [4.69, 9.17) is 0 Å². The quantitative estimate of drug-likeness (QED) is 0.738. The van der Waals surface area contributed by atoms with E-state index in [1.165, 1.54) is 15.6 Å². The highest BCUT2D eigenvalue weighted by molar-refractivity contribution is 7.17. The van der Waals surface area contributed by atoms with Gasteiger partial charge >= 0.3 is 0 Å². The molecule has 2 aromatic rings. The lowest BCUT2D eigenvalue weighted by atomic mass is 10.0. The molecule has 0 saturated carbocycles. The van der Waals surface area contributed by atoms with E-state index >= 15 is 0 Å². The highest BCUT2D eigenvalue weighted by Gasteiger charge is 2.12. The maximum atomic E-state index is 3.87. The minimum atomic E-state index is 0.398. The third-order valence-corrected chi connectivity index (χ3v) is 3.91. The van der Waals surface area contributed by atoms with Gasteiger partial charge in [0.2, 0.25) is 0 Å². The van der Waals surface area contributed by atoms with Gasteiger partial charge in [0.15, 0.2) is 0 Å². The molecular formula is C15H19NS. The molecule has 2 heteroatoms. The van der Waals surface area contributed by atoms with Crippen molar-refractivity contribution in [3.8, 4) is 0 Å². The van der Waals surface area contributed by atoms with E-state index in [0.717, 1.165) is 19.4 Å². The molecule has 1 N–H and O–H groups in total. The van der Waals surface area contributed by atoms with E-state index in [1.54, 1.807) is 0 Å². The van der Waals surface area contributed by atoms with E-state index in [0.29, 0.717) is 6.04 Å². The van der Waals surface area contributed by atoms with Crippen LogP contribution in [0.4, 0.5) is 0 Å². The molecule has 2 rings (SSSR count). The van der Waals surface area contributed by atoms with Crippen molar-refractivity contribution in [2.24, 2.45) is 0 Å². The number of benzene rings is 1. The van der Waals surface area contributed by atoms with Crippen molar-refractivity contribution in [3.05, 3.63) is 47.9 Å². The Kier molecular flexibility index (Phi) is 4.35. The monoisotopic (exact) mass is 245 g/mol. The Balaban J connectivity index is 2.33. The highest BCUT2D eigenvalue weighted by Crippen LogP contribution is 2.30. The van der Waals surface area contributed by atoms with Gasteiger partial charge in [-0.25, -0.2) is 0 Å². The van der Waals surface area contributed by atoms with Gasteiger partial charge in [0.25, 0.3) is 0 Å². The van der Waals surface area contributed by atoms with Crippen LogP contribution in [0.5, 0.6) is 0 Å². The Morgan fingerprint density at radius 2 is 2.29 bits per heavy atom. The molecule has 0 amide bonds. The van der Waals surface area contributed by atoms with E-state index < -0.39 is 0 Å². The number of nitrogens with one attached hydrogen (secondary N) is 1. The fourth-order valence-corrected chi connectivity index (χ4v) is 3.07. The Bertz CT molecular complexity index is 486. The zero-order chi connectivity index (χ0) is 12.1. The molecule has 1 atom stereocenters. The van der Waals surface area contributed by atoms with Crippen LogP contribution in [0, 0.1) is 0 Å². The Hall–Kier alpha value is -1.12. The second-order valence-electron chi connectivity index (χ2n) is 4.22. The normalized spacial score (nSPS) is 12.8. The summed E-state index contributed by atoms with van der Waals surface area (Å²) in [5, 5.41) is 7.12. The Morgan fingerprint density at radius 1 is 1.41 bits per heavy atom. The standard InChI is InChI=1S/C15H19NS/c1-3-6-14(16-10-4-2)13-8-5-7-12-9-11-17-15(12)13/h3,5,7-9,11,14,16H,1,4,6,10H2,2H3. The van der Waals surface area contributed by atoms with Gasteiger partial charge in [-0.15, -0.1) is 17.9 Å². The van der Waals surface area contributed by atoms with Crippen molar-refractivity contribution in [1.82, 2.24) is 5.32 Å². The van der Waals surface area contributed by atoms with Crippen LogP contribution < -0.4 is 5.32 Å². The highest BCUT2D eigenvalue weighted by atomic mass is 32.1. The fourth-order valence-electron chi connectivity index (χ4n) is 2.10. The van der Waals surface area contributed by atoms with Crippen molar-refractivity contribution < 1.29 is 0 Å². The van der Waals surface area contributed by atoms with Crippen LogP contribution in [0.3, 0.4) is 0 Å². The average Bonchev–Trinajstić information content (AvgIpc) is 2.82. The molecule has 0 radical (unpaired) electrons. The molecule has 1 nitrogen and oxygen atoms in total. The summed E-state index contributed by atoms with van der Waals surface area (Å²) in [4.78, 5) is 0. The first-order valence-corrected chi connectivity index (χ1v) is 7.05. The molecule has 0 saturated heterocycles. The number of fused-ring (bicyclic) bond motifs is 1. The topological polar surface area (TPSA) is 12.0 Å². The number of hydrogen-bond donors (Lipinski definition) is 1. The van der Waals surface area contributed by atoms with Crippen molar-refractivity contribution in [2.45, 2.75) is 25.8 Å². The molecule has 0 fully saturated rings. The van der Waals surface area contributed by atoms with Crippen molar-refractivity contribution >= 4 is 21.4 Å². The lowest BCUT2D eigenvalue weighted by Crippen LogP contribution is -2.21. The molecule has 0 spiro atoms. The number of hydrogen-bond acceptors (Lipinski definition) is 2. The molecule has 0 aliphatic carbocycles. The van der Waals surface area contributed by atoms with Crippen molar-refractivity contribution in [3.63, 3.8) is 0 Å². The summed E-state index contributed by atoms with van der Waals surface area (Å²) < 4.78 is 1.41. The van der Waals surface area contributed by atoms with Gasteiger partial charge in [-0.3, -0.25) is 0 Å². The van der Waals surface area contributed by atoms with E-state index in [1.807, 2.05) is 17.4 Å². The molecule has 0 aliphatic heterocycles. The van der Waals surface area contributed by atoms with Crippen molar-refractivity contribution in [1.29, 1.82) is 0 Å². The molecule has 1 heterocycles. The third-order valence-electron chi connectivity index (χ3n) is 2.93. The van der Waals surface area contributed by atoms with Gasteiger partial charge in [-0.1, -0.05) is 31.2 Å². The minimum absolute atomic E-state index is 0.398. The number of rotatable bonds is 6. The summed E-state index contributed by atoms with van der Waals surface area (Å²) in [6.45, 7) is 7.12. The molecule has 0 bridgehead atoms. The fraction of sp³-hybridized carbons (Fsp3) is 0.333. The molecule has 1 aromatic heterocycles. The number of thiophene rings is 1. The van der Waals surface area contributed by atoms with Crippen LogP contribution >= 0.6 is 11.3 Å². The summed E-state index contributed by atoms with van der Waals surface area (Å²) in [7, 11) is 0. The average molecular weight is 245 g/mol. The zero-order valence-corrected chi connectivity index (χ0v) is 11.1.